The first-order valence-electron chi connectivity index (χ1n) is 8.28. The van der Waals surface area contributed by atoms with Gasteiger partial charge in [-0.3, -0.25) is 9.59 Å². The number of hydrogen-bond donors (Lipinski definition) is 2. The topological polar surface area (TPSA) is 67.4 Å². The van der Waals surface area contributed by atoms with Crippen LogP contribution in [-0.2, 0) is 4.79 Å². The first-order valence-corrected chi connectivity index (χ1v) is 8.28. The SMILES string of the molecule is COc1ccc(/C=C/C(=O)Nc2cccc(C(=O)NC3CC3)c2)cc1F. The number of amides is 2. The molecule has 1 aliphatic rings. The summed E-state index contributed by atoms with van der Waals surface area (Å²) in [7, 11) is 1.39. The van der Waals surface area contributed by atoms with Crippen LogP contribution in [0, 0.1) is 5.82 Å². The molecule has 5 nitrogen and oxygen atoms in total. The molecule has 0 bridgehead atoms. The van der Waals surface area contributed by atoms with Crippen molar-refractivity contribution in [1.82, 2.24) is 5.32 Å². The van der Waals surface area contributed by atoms with E-state index in [2.05, 4.69) is 10.6 Å². The largest absolute Gasteiger partial charge is 0.494 e. The number of carbonyl (C=O) groups is 2. The minimum atomic E-state index is -0.496. The molecule has 0 atom stereocenters. The van der Waals surface area contributed by atoms with Crippen molar-refractivity contribution in [3.63, 3.8) is 0 Å². The first-order chi connectivity index (χ1) is 12.5. The predicted octanol–water partition coefficient (Wildman–Crippen LogP) is 3.38. The normalized spacial score (nSPS) is 13.5. The van der Waals surface area contributed by atoms with E-state index in [4.69, 9.17) is 4.74 Å². The van der Waals surface area contributed by atoms with E-state index >= 15 is 0 Å². The van der Waals surface area contributed by atoms with Crippen LogP contribution in [0.3, 0.4) is 0 Å². The average Bonchev–Trinajstić information content (AvgIpc) is 3.44. The van der Waals surface area contributed by atoms with Crippen molar-refractivity contribution in [2.75, 3.05) is 12.4 Å². The van der Waals surface area contributed by atoms with Crippen LogP contribution < -0.4 is 15.4 Å². The van der Waals surface area contributed by atoms with Crippen LogP contribution >= 0.6 is 0 Å². The standard InChI is InChI=1S/C20H19FN2O3/c1-26-18-9-5-13(11-17(18)21)6-10-19(24)22-16-4-2-3-14(12-16)20(25)23-15-7-8-15/h2-6,9-12,15H,7-8H2,1H3,(H,22,24)(H,23,25)/b10-6+. The van der Waals surface area contributed by atoms with E-state index in [9.17, 15) is 14.0 Å². The highest BCUT2D eigenvalue weighted by Gasteiger charge is 2.23. The Kier molecular flexibility index (Phi) is 5.31. The number of benzene rings is 2. The summed E-state index contributed by atoms with van der Waals surface area (Å²) in [6, 6.07) is 11.4. The number of rotatable bonds is 6. The summed E-state index contributed by atoms with van der Waals surface area (Å²) < 4.78 is 18.5. The third-order valence-electron chi connectivity index (χ3n) is 3.91. The second-order valence-corrected chi connectivity index (χ2v) is 6.05. The predicted molar refractivity (Wildman–Crippen MR) is 97.5 cm³/mol. The summed E-state index contributed by atoms with van der Waals surface area (Å²) in [6.45, 7) is 0. The molecule has 26 heavy (non-hydrogen) atoms. The molecule has 3 rings (SSSR count). The van der Waals surface area contributed by atoms with E-state index in [1.54, 1.807) is 30.3 Å². The van der Waals surface area contributed by atoms with Crippen molar-refractivity contribution >= 4 is 23.6 Å². The zero-order chi connectivity index (χ0) is 18.5. The van der Waals surface area contributed by atoms with E-state index in [-0.39, 0.29) is 23.6 Å². The van der Waals surface area contributed by atoms with E-state index < -0.39 is 5.82 Å². The van der Waals surface area contributed by atoms with Gasteiger partial charge in [-0.25, -0.2) is 4.39 Å². The van der Waals surface area contributed by atoms with Gasteiger partial charge in [-0.15, -0.1) is 0 Å². The van der Waals surface area contributed by atoms with E-state index in [1.807, 2.05) is 0 Å². The molecule has 2 aromatic carbocycles. The smallest absolute Gasteiger partial charge is 0.251 e. The monoisotopic (exact) mass is 354 g/mol. The molecule has 0 radical (unpaired) electrons. The van der Waals surface area contributed by atoms with Gasteiger partial charge in [0.05, 0.1) is 7.11 Å². The summed E-state index contributed by atoms with van der Waals surface area (Å²) in [5, 5.41) is 5.59. The maximum absolute atomic E-state index is 13.6. The molecule has 2 aromatic rings. The minimum Gasteiger partial charge on any atom is -0.494 e. The van der Waals surface area contributed by atoms with Gasteiger partial charge in [0, 0.05) is 23.4 Å². The fraction of sp³-hybridized carbons (Fsp3) is 0.200. The molecule has 0 heterocycles. The maximum Gasteiger partial charge on any atom is 0.251 e. The second-order valence-electron chi connectivity index (χ2n) is 6.05. The summed E-state index contributed by atoms with van der Waals surface area (Å²) in [4.78, 5) is 24.1. The third-order valence-corrected chi connectivity index (χ3v) is 3.91. The van der Waals surface area contributed by atoms with Crippen molar-refractivity contribution in [2.45, 2.75) is 18.9 Å². The van der Waals surface area contributed by atoms with E-state index in [0.717, 1.165) is 12.8 Å². The Balaban J connectivity index is 1.62. The van der Waals surface area contributed by atoms with Gasteiger partial charge in [-0.05, 0) is 54.8 Å². The van der Waals surface area contributed by atoms with Crippen LogP contribution in [0.25, 0.3) is 6.08 Å². The molecule has 6 heteroatoms. The molecule has 1 saturated carbocycles. The number of halogens is 1. The van der Waals surface area contributed by atoms with E-state index in [0.29, 0.717) is 16.8 Å². The Morgan fingerprint density at radius 3 is 2.69 bits per heavy atom. The van der Waals surface area contributed by atoms with Gasteiger partial charge in [-0.1, -0.05) is 12.1 Å². The molecular weight excluding hydrogens is 335 g/mol. The molecule has 0 aromatic heterocycles. The number of anilines is 1. The summed E-state index contributed by atoms with van der Waals surface area (Å²) in [5.41, 5.74) is 1.55. The van der Waals surface area contributed by atoms with Crippen molar-refractivity contribution in [3.05, 3.63) is 65.5 Å². The van der Waals surface area contributed by atoms with Gasteiger partial charge in [0.2, 0.25) is 5.91 Å². The van der Waals surface area contributed by atoms with Crippen LogP contribution in [0.5, 0.6) is 5.75 Å². The fourth-order valence-electron chi connectivity index (χ4n) is 2.38. The lowest BCUT2D eigenvalue weighted by Gasteiger charge is -2.06. The number of hydrogen-bond acceptors (Lipinski definition) is 3. The first kappa shape index (κ1) is 17.7. The van der Waals surface area contributed by atoms with Gasteiger partial charge in [0.25, 0.3) is 5.91 Å². The molecule has 2 amide bonds. The zero-order valence-corrected chi connectivity index (χ0v) is 14.3. The van der Waals surface area contributed by atoms with Gasteiger partial charge in [0.15, 0.2) is 11.6 Å². The number of nitrogens with one attached hydrogen (secondary N) is 2. The maximum atomic E-state index is 13.6. The number of methoxy groups -OCH3 is 1. The highest BCUT2D eigenvalue weighted by Crippen LogP contribution is 2.20. The molecule has 1 aliphatic carbocycles. The van der Waals surface area contributed by atoms with Gasteiger partial charge in [-0.2, -0.15) is 0 Å². The third kappa shape index (κ3) is 4.69. The molecule has 2 N–H and O–H groups in total. The summed E-state index contributed by atoms with van der Waals surface area (Å²) in [6.07, 6.45) is 4.83. The molecule has 0 saturated heterocycles. The molecule has 0 unspecified atom stereocenters. The number of carbonyl (C=O) groups excluding carboxylic acids is 2. The lowest BCUT2D eigenvalue weighted by atomic mass is 10.1. The Morgan fingerprint density at radius 1 is 1.19 bits per heavy atom. The Labute approximate surface area is 150 Å². The summed E-state index contributed by atoms with van der Waals surface area (Å²) in [5.74, 6) is -0.869. The molecule has 0 aliphatic heterocycles. The zero-order valence-electron chi connectivity index (χ0n) is 14.3. The quantitative estimate of drug-likeness (QED) is 0.782. The van der Waals surface area contributed by atoms with Crippen molar-refractivity contribution < 1.29 is 18.7 Å². The van der Waals surface area contributed by atoms with Crippen LogP contribution in [-0.4, -0.2) is 25.0 Å². The second kappa shape index (κ2) is 7.82. The van der Waals surface area contributed by atoms with Crippen molar-refractivity contribution in [2.24, 2.45) is 0 Å². The molecular formula is C20H19FN2O3. The van der Waals surface area contributed by atoms with Crippen molar-refractivity contribution in [1.29, 1.82) is 0 Å². The minimum absolute atomic E-state index is 0.146. The lowest BCUT2D eigenvalue weighted by molar-refractivity contribution is -0.111. The van der Waals surface area contributed by atoms with E-state index in [1.165, 1.54) is 31.4 Å². The summed E-state index contributed by atoms with van der Waals surface area (Å²) >= 11 is 0. The van der Waals surface area contributed by atoms with Crippen LogP contribution in [0.15, 0.2) is 48.5 Å². The van der Waals surface area contributed by atoms with Crippen molar-refractivity contribution in [3.8, 4) is 5.75 Å². The lowest BCUT2D eigenvalue weighted by Crippen LogP contribution is -2.25. The Morgan fingerprint density at radius 2 is 2.00 bits per heavy atom. The van der Waals surface area contributed by atoms with Gasteiger partial charge >= 0.3 is 0 Å². The average molecular weight is 354 g/mol. The van der Waals surface area contributed by atoms with Gasteiger partial charge < -0.3 is 15.4 Å². The van der Waals surface area contributed by atoms with Gasteiger partial charge in [0.1, 0.15) is 0 Å². The highest BCUT2D eigenvalue weighted by atomic mass is 19.1. The fourth-order valence-corrected chi connectivity index (χ4v) is 2.38. The Hall–Kier alpha value is -3.15. The molecule has 1 fully saturated rings. The van der Waals surface area contributed by atoms with Crippen LogP contribution in [0.2, 0.25) is 0 Å². The molecule has 134 valence electrons. The Bertz CT molecular complexity index is 860. The highest BCUT2D eigenvalue weighted by molar-refractivity contribution is 6.03. The molecule has 0 spiro atoms. The van der Waals surface area contributed by atoms with Crippen LogP contribution in [0.4, 0.5) is 10.1 Å². The van der Waals surface area contributed by atoms with Crippen LogP contribution in [0.1, 0.15) is 28.8 Å². The number of ether oxygens (including phenoxy) is 1.